The first-order chi connectivity index (χ1) is 19.8. The van der Waals surface area contributed by atoms with Crippen molar-refractivity contribution in [3.8, 4) is 0 Å². The SMILES string of the molecule is CC[C@H](C)[C@@H]1C(=O)N[C@H](C2Cc3ccccc3C2)C(=O)N1C(c1coc(C)n1)c1ncc2n1CCN(C(=O)OC)C2. The van der Waals surface area contributed by atoms with Crippen molar-refractivity contribution in [2.45, 2.75) is 71.2 Å². The predicted molar refractivity (Wildman–Crippen MR) is 147 cm³/mol. The third kappa shape index (κ3) is 4.66. The van der Waals surface area contributed by atoms with E-state index in [0.717, 1.165) is 18.5 Å². The van der Waals surface area contributed by atoms with Gasteiger partial charge in [-0.3, -0.25) is 9.59 Å². The van der Waals surface area contributed by atoms with Crippen LogP contribution < -0.4 is 5.32 Å². The fourth-order valence-electron chi connectivity index (χ4n) is 6.63. The molecule has 1 N–H and O–H groups in total. The molecule has 1 aromatic carbocycles. The van der Waals surface area contributed by atoms with Crippen LogP contribution in [0.15, 0.2) is 41.1 Å². The summed E-state index contributed by atoms with van der Waals surface area (Å²) in [5, 5.41) is 3.12. The van der Waals surface area contributed by atoms with Crippen LogP contribution in [0.3, 0.4) is 0 Å². The Morgan fingerprint density at radius 3 is 2.56 bits per heavy atom. The van der Waals surface area contributed by atoms with Gasteiger partial charge in [0.1, 0.15) is 35.9 Å². The molecular weight excluding hydrogens is 524 g/mol. The molecule has 1 saturated heterocycles. The number of nitrogens with one attached hydrogen (secondary N) is 1. The average Bonchev–Trinajstić information content (AvgIpc) is 3.72. The first-order valence-corrected chi connectivity index (χ1v) is 14.3. The molecule has 0 spiro atoms. The van der Waals surface area contributed by atoms with E-state index in [1.165, 1.54) is 18.2 Å². The number of imidazole rings is 1. The van der Waals surface area contributed by atoms with Gasteiger partial charge in [0.2, 0.25) is 11.8 Å². The van der Waals surface area contributed by atoms with E-state index in [9.17, 15) is 14.4 Å². The molecule has 3 aliphatic rings. The smallest absolute Gasteiger partial charge is 0.409 e. The highest BCUT2D eigenvalue weighted by molar-refractivity contribution is 5.98. The lowest BCUT2D eigenvalue weighted by molar-refractivity contribution is -0.155. The van der Waals surface area contributed by atoms with Gasteiger partial charge in [-0.25, -0.2) is 14.8 Å². The quantitative estimate of drug-likeness (QED) is 0.492. The Morgan fingerprint density at radius 2 is 1.93 bits per heavy atom. The number of amides is 3. The van der Waals surface area contributed by atoms with Gasteiger partial charge in [-0.1, -0.05) is 44.5 Å². The summed E-state index contributed by atoms with van der Waals surface area (Å²) in [4.78, 5) is 53.6. The van der Waals surface area contributed by atoms with Gasteiger partial charge in [-0.15, -0.1) is 0 Å². The van der Waals surface area contributed by atoms with Crippen LogP contribution in [0.5, 0.6) is 0 Å². The molecule has 0 bridgehead atoms. The topological polar surface area (TPSA) is 123 Å². The number of ether oxygens (including phenoxy) is 1. The molecule has 11 heteroatoms. The van der Waals surface area contributed by atoms with Crippen LogP contribution in [-0.4, -0.2) is 68.0 Å². The molecule has 0 saturated carbocycles. The highest BCUT2D eigenvalue weighted by Gasteiger charge is 2.51. The van der Waals surface area contributed by atoms with Crippen LogP contribution >= 0.6 is 0 Å². The van der Waals surface area contributed by atoms with Gasteiger partial charge in [-0.05, 0) is 35.8 Å². The number of aromatic nitrogens is 3. The van der Waals surface area contributed by atoms with Gasteiger partial charge in [0.05, 0.1) is 25.5 Å². The van der Waals surface area contributed by atoms with E-state index in [1.807, 2.05) is 30.5 Å². The zero-order valence-corrected chi connectivity index (χ0v) is 23.9. The van der Waals surface area contributed by atoms with Crippen molar-refractivity contribution >= 4 is 17.9 Å². The maximum absolute atomic E-state index is 14.7. The van der Waals surface area contributed by atoms with Gasteiger partial charge >= 0.3 is 6.09 Å². The molecule has 1 aliphatic carbocycles. The molecule has 2 aromatic heterocycles. The molecular formula is C30H36N6O5. The van der Waals surface area contributed by atoms with E-state index in [1.54, 1.807) is 29.2 Å². The summed E-state index contributed by atoms with van der Waals surface area (Å²) in [6.45, 7) is 7.00. The molecule has 3 aromatic rings. The van der Waals surface area contributed by atoms with Crippen LogP contribution in [0.1, 0.15) is 60.5 Å². The second-order valence-corrected chi connectivity index (χ2v) is 11.3. The normalized spacial score (nSPS) is 22.2. The second-order valence-electron chi connectivity index (χ2n) is 11.3. The van der Waals surface area contributed by atoms with E-state index >= 15 is 0 Å². The summed E-state index contributed by atoms with van der Waals surface area (Å²) < 4.78 is 12.6. The third-order valence-corrected chi connectivity index (χ3v) is 8.91. The number of methoxy groups -OCH3 is 1. The summed E-state index contributed by atoms with van der Waals surface area (Å²) in [5.41, 5.74) is 3.78. The lowest BCUT2D eigenvalue weighted by atomic mass is 9.86. The van der Waals surface area contributed by atoms with Gasteiger partial charge in [0.15, 0.2) is 5.89 Å². The summed E-state index contributed by atoms with van der Waals surface area (Å²) in [5.74, 6) is 0.607. The van der Waals surface area contributed by atoms with E-state index in [4.69, 9.17) is 14.1 Å². The van der Waals surface area contributed by atoms with Crippen molar-refractivity contribution < 1.29 is 23.5 Å². The highest BCUT2D eigenvalue weighted by Crippen LogP contribution is 2.38. The number of carbonyl (C=O) groups is 3. The van der Waals surface area contributed by atoms with Crippen LogP contribution in [0.25, 0.3) is 0 Å². The second kappa shape index (κ2) is 10.7. The number of hydrogen-bond donors (Lipinski definition) is 1. The fraction of sp³-hybridized carbons (Fsp3) is 0.500. The van der Waals surface area contributed by atoms with Crippen molar-refractivity contribution in [3.63, 3.8) is 0 Å². The maximum Gasteiger partial charge on any atom is 0.409 e. The maximum atomic E-state index is 14.7. The van der Waals surface area contributed by atoms with Crippen LogP contribution in [-0.2, 0) is 40.3 Å². The zero-order valence-electron chi connectivity index (χ0n) is 23.9. The zero-order chi connectivity index (χ0) is 28.8. The number of oxazole rings is 1. The Hall–Kier alpha value is -4.15. The monoisotopic (exact) mass is 560 g/mol. The minimum absolute atomic E-state index is 0.0493. The highest BCUT2D eigenvalue weighted by atomic mass is 16.5. The van der Waals surface area contributed by atoms with E-state index in [-0.39, 0.29) is 23.7 Å². The minimum Gasteiger partial charge on any atom is -0.453 e. The van der Waals surface area contributed by atoms with Crippen molar-refractivity contribution in [3.05, 3.63) is 71.0 Å². The Balaban J connectivity index is 1.43. The Morgan fingerprint density at radius 1 is 1.20 bits per heavy atom. The molecule has 4 heterocycles. The number of piperazine rings is 1. The molecule has 0 radical (unpaired) electrons. The van der Waals surface area contributed by atoms with Crippen LogP contribution in [0, 0.1) is 18.8 Å². The van der Waals surface area contributed by atoms with Gasteiger partial charge in [0.25, 0.3) is 0 Å². The summed E-state index contributed by atoms with van der Waals surface area (Å²) >= 11 is 0. The minimum atomic E-state index is -0.741. The molecule has 6 rings (SSSR count). The van der Waals surface area contributed by atoms with Gasteiger partial charge in [-0.2, -0.15) is 0 Å². The van der Waals surface area contributed by atoms with E-state index in [2.05, 4.69) is 22.4 Å². The Kier molecular flexibility index (Phi) is 7.04. The largest absolute Gasteiger partial charge is 0.453 e. The predicted octanol–water partition coefficient (Wildman–Crippen LogP) is 3.01. The molecule has 3 amide bonds. The molecule has 11 nitrogen and oxygen atoms in total. The van der Waals surface area contributed by atoms with Crippen molar-refractivity contribution in [1.29, 1.82) is 0 Å². The molecule has 2 aliphatic heterocycles. The fourth-order valence-corrected chi connectivity index (χ4v) is 6.63. The average molecular weight is 561 g/mol. The number of fused-ring (bicyclic) bond motifs is 2. The van der Waals surface area contributed by atoms with Crippen molar-refractivity contribution in [1.82, 2.24) is 29.7 Å². The number of rotatable bonds is 6. The number of hydrogen-bond acceptors (Lipinski definition) is 7. The summed E-state index contributed by atoms with van der Waals surface area (Å²) in [6, 6.07) is 6.10. The van der Waals surface area contributed by atoms with E-state index in [0.29, 0.717) is 43.5 Å². The van der Waals surface area contributed by atoms with Crippen LogP contribution in [0.4, 0.5) is 4.79 Å². The molecule has 1 fully saturated rings. The Bertz CT molecular complexity index is 1450. The first-order valence-electron chi connectivity index (χ1n) is 14.3. The van der Waals surface area contributed by atoms with Crippen molar-refractivity contribution in [2.24, 2.45) is 11.8 Å². The van der Waals surface area contributed by atoms with Crippen molar-refractivity contribution in [2.75, 3.05) is 13.7 Å². The molecule has 1 unspecified atom stereocenters. The molecule has 4 atom stereocenters. The van der Waals surface area contributed by atoms with Gasteiger partial charge in [0, 0.05) is 20.0 Å². The third-order valence-electron chi connectivity index (χ3n) is 8.91. The Labute approximate surface area is 238 Å². The number of aryl methyl sites for hydroxylation is 1. The first kappa shape index (κ1) is 27.0. The molecule has 41 heavy (non-hydrogen) atoms. The van der Waals surface area contributed by atoms with Gasteiger partial charge < -0.3 is 28.8 Å². The lowest BCUT2D eigenvalue weighted by Gasteiger charge is -2.46. The lowest BCUT2D eigenvalue weighted by Crippen LogP contribution is -2.67. The number of benzene rings is 1. The number of carbonyl (C=O) groups excluding carboxylic acids is 3. The standard InChI is InChI=1S/C30H36N6O5/c1-5-17(2)25-28(37)33-24(21-12-19-8-6-7-9-20(19)13-21)29(38)36(25)26(23-16-41-18(3)32-23)27-31-14-22-15-34(30(39)40-4)10-11-35(22)27/h6-9,14,16-17,21,24-26H,5,10-13,15H2,1-4H3,(H,33,37)/t17-,24+,25+,26?/m0/s1. The summed E-state index contributed by atoms with van der Waals surface area (Å²) in [6.07, 6.45) is 5.04. The molecule has 216 valence electrons. The summed E-state index contributed by atoms with van der Waals surface area (Å²) in [7, 11) is 1.37. The van der Waals surface area contributed by atoms with Crippen LogP contribution in [0.2, 0.25) is 0 Å². The number of nitrogens with zero attached hydrogens (tertiary/aromatic N) is 5. The van der Waals surface area contributed by atoms with E-state index < -0.39 is 24.2 Å².